The topological polar surface area (TPSA) is 65.5 Å². The molecule has 1 amide bonds. The maximum Gasteiger partial charge on any atom is 0.251 e. The Morgan fingerprint density at radius 1 is 1.12 bits per heavy atom. The van der Waals surface area contributed by atoms with Crippen LogP contribution in [0, 0.1) is 6.92 Å². The number of guanidine groups is 1. The number of halogens is 2. The molecule has 0 aliphatic rings. The van der Waals surface area contributed by atoms with Gasteiger partial charge in [0.15, 0.2) is 5.96 Å². The monoisotopic (exact) mass is 398 g/mol. The van der Waals surface area contributed by atoms with Gasteiger partial charge in [-0.1, -0.05) is 23.2 Å². The minimum Gasteiger partial charge on any atom is -0.355 e. The predicted octanol–water partition coefficient (Wildman–Crippen LogP) is 3.46. The van der Waals surface area contributed by atoms with E-state index in [9.17, 15) is 4.79 Å². The Balaban J connectivity index is 1.72. The third-order valence-electron chi connectivity index (χ3n) is 3.49. The fraction of sp³-hybridized carbons (Fsp3) is 0.294. The van der Waals surface area contributed by atoms with E-state index in [1.165, 1.54) is 10.4 Å². The normalized spacial score (nSPS) is 11.3. The predicted molar refractivity (Wildman–Crippen MR) is 106 cm³/mol. The van der Waals surface area contributed by atoms with Gasteiger partial charge in [-0.05, 0) is 42.1 Å². The van der Waals surface area contributed by atoms with E-state index in [2.05, 4.69) is 39.3 Å². The first kappa shape index (κ1) is 19.6. The molecule has 3 N–H and O–H groups in total. The van der Waals surface area contributed by atoms with Crippen molar-refractivity contribution in [1.82, 2.24) is 16.0 Å². The summed E-state index contributed by atoms with van der Waals surface area (Å²) >= 11 is 13.5. The van der Waals surface area contributed by atoms with Crippen molar-refractivity contribution in [1.29, 1.82) is 0 Å². The van der Waals surface area contributed by atoms with Gasteiger partial charge >= 0.3 is 0 Å². The van der Waals surface area contributed by atoms with E-state index in [1.807, 2.05) is 0 Å². The second-order valence-corrected chi connectivity index (χ2v) is 7.08. The zero-order valence-electron chi connectivity index (χ0n) is 14.0. The first-order valence-electron chi connectivity index (χ1n) is 7.72. The summed E-state index contributed by atoms with van der Waals surface area (Å²) in [4.78, 5) is 17.5. The van der Waals surface area contributed by atoms with Crippen molar-refractivity contribution in [2.75, 3.05) is 20.1 Å². The summed E-state index contributed by atoms with van der Waals surface area (Å²) < 4.78 is 0. The summed E-state index contributed by atoms with van der Waals surface area (Å²) in [5, 5.41) is 12.1. The van der Waals surface area contributed by atoms with Crippen molar-refractivity contribution in [3.05, 3.63) is 55.7 Å². The molecule has 0 spiro atoms. The minimum atomic E-state index is -0.197. The van der Waals surface area contributed by atoms with Crippen LogP contribution in [0.4, 0.5) is 0 Å². The zero-order chi connectivity index (χ0) is 18.2. The lowest BCUT2D eigenvalue weighted by atomic mass is 10.2. The molecule has 0 saturated heterocycles. The standard InChI is InChI=1S/C17H20Cl2N4OS/c1-11-5-8-25-15(11)10-23-17(20-2)22-7-6-21-16(24)12-3-4-13(18)14(19)9-12/h3-5,8-9H,6-7,10H2,1-2H3,(H,21,24)(H2,20,22,23). The molecule has 0 fully saturated rings. The molecule has 0 atom stereocenters. The number of carbonyl (C=O) groups is 1. The van der Waals surface area contributed by atoms with E-state index >= 15 is 0 Å². The van der Waals surface area contributed by atoms with E-state index in [0.717, 1.165) is 6.54 Å². The average Bonchev–Trinajstić information content (AvgIpc) is 3.01. The number of nitrogens with zero attached hydrogens (tertiary/aromatic N) is 1. The van der Waals surface area contributed by atoms with Crippen LogP contribution in [0.5, 0.6) is 0 Å². The van der Waals surface area contributed by atoms with Gasteiger partial charge in [-0.2, -0.15) is 0 Å². The molecule has 25 heavy (non-hydrogen) atoms. The first-order chi connectivity index (χ1) is 12.0. The molecule has 1 aromatic heterocycles. The van der Waals surface area contributed by atoms with Gasteiger partial charge in [-0.3, -0.25) is 9.79 Å². The number of hydrogen-bond acceptors (Lipinski definition) is 3. The SMILES string of the molecule is CN=C(NCCNC(=O)c1ccc(Cl)c(Cl)c1)NCc1sccc1C. The Hall–Kier alpha value is -1.76. The van der Waals surface area contributed by atoms with Crippen LogP contribution in [-0.2, 0) is 6.54 Å². The van der Waals surface area contributed by atoms with Crippen LogP contribution >= 0.6 is 34.5 Å². The van der Waals surface area contributed by atoms with E-state index < -0.39 is 0 Å². The molecule has 1 aromatic carbocycles. The van der Waals surface area contributed by atoms with Crippen molar-refractivity contribution >= 4 is 46.4 Å². The Labute approximate surface area is 161 Å². The van der Waals surface area contributed by atoms with Gasteiger partial charge in [-0.25, -0.2) is 0 Å². The molecular formula is C17H20Cl2N4OS. The maximum absolute atomic E-state index is 12.1. The molecule has 0 aliphatic carbocycles. The highest BCUT2D eigenvalue weighted by Gasteiger charge is 2.07. The summed E-state index contributed by atoms with van der Waals surface area (Å²) in [6.07, 6.45) is 0. The number of benzene rings is 1. The third kappa shape index (κ3) is 5.92. The van der Waals surface area contributed by atoms with Gasteiger partial charge in [0.05, 0.1) is 16.6 Å². The molecule has 0 saturated carbocycles. The summed E-state index contributed by atoms with van der Waals surface area (Å²) in [6.45, 7) is 3.81. The number of hydrogen-bond donors (Lipinski definition) is 3. The van der Waals surface area contributed by atoms with Gasteiger partial charge in [0.2, 0.25) is 0 Å². The number of thiophene rings is 1. The summed E-state index contributed by atoms with van der Waals surface area (Å²) in [5.41, 5.74) is 1.74. The van der Waals surface area contributed by atoms with Crippen molar-refractivity contribution in [3.8, 4) is 0 Å². The highest BCUT2D eigenvalue weighted by atomic mass is 35.5. The lowest BCUT2D eigenvalue weighted by molar-refractivity contribution is 0.0954. The van der Waals surface area contributed by atoms with Crippen LogP contribution in [0.15, 0.2) is 34.6 Å². The van der Waals surface area contributed by atoms with Gasteiger partial charge in [0.25, 0.3) is 5.91 Å². The molecular weight excluding hydrogens is 379 g/mol. The van der Waals surface area contributed by atoms with Crippen molar-refractivity contribution in [2.45, 2.75) is 13.5 Å². The van der Waals surface area contributed by atoms with Gasteiger partial charge in [0, 0.05) is 30.6 Å². The molecule has 1 heterocycles. The van der Waals surface area contributed by atoms with Crippen LogP contribution in [0.1, 0.15) is 20.8 Å². The summed E-state index contributed by atoms with van der Waals surface area (Å²) in [7, 11) is 1.71. The highest BCUT2D eigenvalue weighted by molar-refractivity contribution is 7.10. The average molecular weight is 399 g/mol. The molecule has 8 heteroatoms. The lowest BCUT2D eigenvalue weighted by Gasteiger charge is -2.12. The van der Waals surface area contributed by atoms with Gasteiger partial charge < -0.3 is 16.0 Å². The highest BCUT2D eigenvalue weighted by Crippen LogP contribution is 2.22. The van der Waals surface area contributed by atoms with Crippen molar-refractivity contribution < 1.29 is 4.79 Å². The number of carbonyl (C=O) groups excluding carboxylic acids is 1. The Bertz CT molecular complexity index is 761. The van der Waals surface area contributed by atoms with Crippen LogP contribution < -0.4 is 16.0 Å². The van der Waals surface area contributed by atoms with Gasteiger partial charge in [0.1, 0.15) is 0 Å². The maximum atomic E-state index is 12.1. The van der Waals surface area contributed by atoms with E-state index in [0.29, 0.717) is 34.7 Å². The molecule has 5 nitrogen and oxygen atoms in total. The largest absolute Gasteiger partial charge is 0.355 e. The molecule has 2 aromatic rings. The number of rotatable bonds is 6. The van der Waals surface area contributed by atoms with E-state index in [-0.39, 0.29) is 5.91 Å². The van der Waals surface area contributed by atoms with Gasteiger partial charge in [-0.15, -0.1) is 11.3 Å². The second-order valence-electron chi connectivity index (χ2n) is 5.26. The Kier molecular flexibility index (Phi) is 7.55. The number of nitrogens with one attached hydrogen (secondary N) is 3. The molecule has 0 radical (unpaired) electrons. The van der Waals surface area contributed by atoms with Crippen molar-refractivity contribution in [2.24, 2.45) is 4.99 Å². The van der Waals surface area contributed by atoms with Crippen LogP contribution in [0.3, 0.4) is 0 Å². The quantitative estimate of drug-likeness (QED) is 0.396. The molecule has 0 unspecified atom stereocenters. The van der Waals surface area contributed by atoms with Crippen LogP contribution in [0.25, 0.3) is 0 Å². The van der Waals surface area contributed by atoms with E-state index in [4.69, 9.17) is 23.2 Å². The fourth-order valence-electron chi connectivity index (χ4n) is 2.07. The smallest absolute Gasteiger partial charge is 0.251 e. The second kappa shape index (κ2) is 9.65. The Morgan fingerprint density at radius 3 is 2.52 bits per heavy atom. The molecule has 2 rings (SSSR count). The fourth-order valence-corrected chi connectivity index (χ4v) is 3.21. The molecule has 134 valence electrons. The number of amides is 1. The summed E-state index contributed by atoms with van der Waals surface area (Å²) in [5.74, 6) is 0.495. The summed E-state index contributed by atoms with van der Waals surface area (Å²) in [6, 6.07) is 6.89. The van der Waals surface area contributed by atoms with Crippen LogP contribution in [-0.4, -0.2) is 32.0 Å². The number of aryl methyl sites for hydroxylation is 1. The van der Waals surface area contributed by atoms with Crippen molar-refractivity contribution in [3.63, 3.8) is 0 Å². The zero-order valence-corrected chi connectivity index (χ0v) is 16.4. The molecule has 0 aliphatic heterocycles. The van der Waals surface area contributed by atoms with E-state index in [1.54, 1.807) is 36.6 Å². The minimum absolute atomic E-state index is 0.197. The number of aliphatic imine (C=N–C) groups is 1. The first-order valence-corrected chi connectivity index (χ1v) is 9.35. The lowest BCUT2D eigenvalue weighted by Crippen LogP contribution is -2.41. The molecule has 0 bridgehead atoms. The third-order valence-corrected chi connectivity index (χ3v) is 5.25. The Morgan fingerprint density at radius 2 is 1.88 bits per heavy atom. The van der Waals surface area contributed by atoms with Crippen LogP contribution in [0.2, 0.25) is 10.0 Å².